The summed E-state index contributed by atoms with van der Waals surface area (Å²) in [6.45, 7) is 0. The van der Waals surface area contributed by atoms with Crippen molar-refractivity contribution in [3.63, 3.8) is 0 Å². The summed E-state index contributed by atoms with van der Waals surface area (Å²) in [6.07, 6.45) is 0.282. The molecule has 2 rings (SSSR count). The molecule has 5 heteroatoms. The lowest BCUT2D eigenvalue weighted by Gasteiger charge is -2.22. The van der Waals surface area contributed by atoms with Gasteiger partial charge in [0.15, 0.2) is 0 Å². The third-order valence-corrected chi connectivity index (χ3v) is 3.14. The maximum atomic E-state index is 11.6. The van der Waals surface area contributed by atoms with E-state index in [1.54, 1.807) is 12.1 Å². The maximum Gasteiger partial charge on any atom is 0.263 e. The van der Waals surface area contributed by atoms with Gasteiger partial charge in [0.25, 0.3) is 5.91 Å². The fourth-order valence-corrected chi connectivity index (χ4v) is 2.05. The zero-order valence-corrected chi connectivity index (χ0v) is 9.90. The minimum absolute atomic E-state index is 0.189. The molecule has 0 radical (unpaired) electrons. The van der Waals surface area contributed by atoms with E-state index in [4.69, 9.17) is 0 Å². The van der Waals surface area contributed by atoms with Crippen LogP contribution >= 0.6 is 25.3 Å². The van der Waals surface area contributed by atoms with Crippen LogP contribution in [0.2, 0.25) is 0 Å². The number of nitrogens with zero attached hydrogens (tertiary/aromatic N) is 1. The van der Waals surface area contributed by atoms with E-state index in [1.807, 2.05) is 6.07 Å². The van der Waals surface area contributed by atoms with Gasteiger partial charge >= 0.3 is 0 Å². The summed E-state index contributed by atoms with van der Waals surface area (Å²) in [6, 6.07) is 5.33. The molecule has 1 aliphatic rings. The quantitative estimate of drug-likeness (QED) is 0.533. The fourth-order valence-electron chi connectivity index (χ4n) is 1.41. The molecule has 0 saturated heterocycles. The van der Waals surface area contributed by atoms with Gasteiger partial charge in [-0.05, 0) is 33.2 Å². The molecular weight excluding hydrogens is 265 g/mol. The van der Waals surface area contributed by atoms with Gasteiger partial charge in [-0.15, -0.1) is 0 Å². The number of carbonyl (C=O) groups excluding carboxylic acids is 2. The lowest BCUT2D eigenvalue weighted by molar-refractivity contribution is -0.124. The highest BCUT2D eigenvalue weighted by Gasteiger charge is 2.27. The summed E-state index contributed by atoms with van der Waals surface area (Å²) in [5.74, 6) is -0.445. The van der Waals surface area contributed by atoms with Crippen molar-refractivity contribution in [1.82, 2.24) is 4.67 Å². The van der Waals surface area contributed by atoms with Crippen LogP contribution in [-0.4, -0.2) is 16.5 Å². The van der Waals surface area contributed by atoms with E-state index in [0.29, 0.717) is 5.56 Å². The van der Waals surface area contributed by atoms with E-state index in [1.165, 1.54) is 0 Å². The molecule has 0 N–H and O–H groups in total. The second kappa shape index (κ2) is 3.44. The molecule has 0 fully saturated rings. The molecule has 14 heavy (non-hydrogen) atoms. The predicted octanol–water partition coefficient (Wildman–Crippen LogP) is 1.76. The molecule has 0 spiro atoms. The van der Waals surface area contributed by atoms with Crippen LogP contribution in [0.3, 0.4) is 0 Å². The maximum absolute atomic E-state index is 11.6. The van der Waals surface area contributed by atoms with Crippen LogP contribution in [0.5, 0.6) is 0 Å². The molecule has 2 amide bonds. The lowest BCUT2D eigenvalue weighted by Crippen LogP contribution is -2.34. The molecule has 1 aromatic rings. The lowest BCUT2D eigenvalue weighted by atomic mass is 10.0. The Morgan fingerprint density at radius 3 is 2.79 bits per heavy atom. The highest BCUT2D eigenvalue weighted by molar-refractivity contribution is 9.10. The Morgan fingerprint density at radius 1 is 1.36 bits per heavy atom. The Kier molecular flexibility index (Phi) is 2.41. The number of amides is 2. The molecule has 1 unspecified atom stereocenters. The normalized spacial score (nSPS) is 15.7. The molecular formula is C9H7BrNO2P. The first-order chi connectivity index (χ1) is 6.59. The van der Waals surface area contributed by atoms with Crippen molar-refractivity contribution in [2.75, 3.05) is 0 Å². The smallest absolute Gasteiger partial charge is 0.263 e. The van der Waals surface area contributed by atoms with Gasteiger partial charge in [-0.3, -0.25) is 14.3 Å². The van der Waals surface area contributed by atoms with Crippen LogP contribution in [0.1, 0.15) is 15.9 Å². The van der Waals surface area contributed by atoms with Crippen LogP contribution in [0.15, 0.2) is 22.7 Å². The van der Waals surface area contributed by atoms with E-state index in [9.17, 15) is 9.59 Å². The van der Waals surface area contributed by atoms with Gasteiger partial charge in [-0.1, -0.05) is 15.9 Å². The number of rotatable bonds is 0. The third-order valence-electron chi connectivity index (χ3n) is 2.13. The van der Waals surface area contributed by atoms with Gasteiger partial charge in [0.1, 0.15) is 0 Å². The van der Waals surface area contributed by atoms with E-state index >= 15 is 0 Å². The highest BCUT2D eigenvalue weighted by atomic mass is 79.9. The average molecular weight is 272 g/mol. The Labute approximate surface area is 91.9 Å². The molecule has 72 valence electrons. The Balaban J connectivity index is 2.56. The Hall–Kier alpha value is -0.730. The summed E-state index contributed by atoms with van der Waals surface area (Å²) in [4.78, 5) is 23.0. The Bertz CT molecular complexity index is 433. The number of imide groups is 1. The van der Waals surface area contributed by atoms with Crippen LogP contribution in [-0.2, 0) is 11.2 Å². The number of hydrogen-bond donors (Lipinski definition) is 0. The summed E-state index contributed by atoms with van der Waals surface area (Å²) in [7, 11) is 2.14. The molecule has 3 nitrogen and oxygen atoms in total. The van der Waals surface area contributed by atoms with E-state index in [-0.39, 0.29) is 18.2 Å². The van der Waals surface area contributed by atoms with E-state index < -0.39 is 0 Å². The average Bonchev–Trinajstić information content (AvgIpc) is 2.14. The summed E-state index contributed by atoms with van der Waals surface area (Å²) in [5, 5.41) is 0. The first kappa shape index (κ1) is 9.81. The number of hydrogen-bond acceptors (Lipinski definition) is 2. The van der Waals surface area contributed by atoms with Gasteiger partial charge in [-0.2, -0.15) is 0 Å². The molecule has 1 aliphatic heterocycles. The predicted molar refractivity (Wildman–Crippen MR) is 58.7 cm³/mol. The highest BCUT2D eigenvalue weighted by Crippen LogP contribution is 2.25. The first-order valence-corrected chi connectivity index (χ1v) is 5.31. The molecule has 1 aromatic carbocycles. The molecule has 0 saturated carbocycles. The van der Waals surface area contributed by atoms with Crippen molar-refractivity contribution in [3.05, 3.63) is 33.8 Å². The summed E-state index contributed by atoms with van der Waals surface area (Å²) in [5.41, 5.74) is 1.39. The molecule has 1 atom stereocenters. The topological polar surface area (TPSA) is 37.4 Å². The molecule has 0 aliphatic carbocycles. The van der Waals surface area contributed by atoms with E-state index in [0.717, 1.165) is 14.7 Å². The van der Waals surface area contributed by atoms with Crippen molar-refractivity contribution in [3.8, 4) is 0 Å². The van der Waals surface area contributed by atoms with Crippen molar-refractivity contribution in [1.29, 1.82) is 0 Å². The van der Waals surface area contributed by atoms with Crippen LogP contribution in [0, 0.1) is 0 Å². The Morgan fingerprint density at radius 2 is 2.07 bits per heavy atom. The number of carbonyl (C=O) groups is 2. The second-order valence-electron chi connectivity index (χ2n) is 3.05. The van der Waals surface area contributed by atoms with Gasteiger partial charge in [0.05, 0.1) is 6.42 Å². The third kappa shape index (κ3) is 1.49. The molecule has 0 bridgehead atoms. The standard InChI is InChI=1S/C9H7BrNO2P/c10-6-1-2-7-5(3-6)4-8(12)11(14)9(7)13/h1-3H,4,14H2. The van der Waals surface area contributed by atoms with Crippen molar-refractivity contribution in [2.24, 2.45) is 0 Å². The minimum Gasteiger partial charge on any atom is -0.274 e. The monoisotopic (exact) mass is 271 g/mol. The van der Waals surface area contributed by atoms with Gasteiger partial charge < -0.3 is 0 Å². The number of halogens is 1. The summed E-state index contributed by atoms with van der Waals surface area (Å²) < 4.78 is 1.96. The van der Waals surface area contributed by atoms with E-state index in [2.05, 4.69) is 25.3 Å². The van der Waals surface area contributed by atoms with Crippen molar-refractivity contribution < 1.29 is 9.59 Å². The summed E-state index contributed by atoms with van der Waals surface area (Å²) >= 11 is 3.30. The largest absolute Gasteiger partial charge is 0.274 e. The van der Waals surface area contributed by atoms with Gasteiger partial charge in [0, 0.05) is 10.0 Å². The zero-order chi connectivity index (χ0) is 10.3. The minimum atomic E-state index is -0.256. The van der Waals surface area contributed by atoms with Crippen LogP contribution < -0.4 is 0 Å². The van der Waals surface area contributed by atoms with Crippen LogP contribution in [0.25, 0.3) is 0 Å². The fraction of sp³-hybridized carbons (Fsp3) is 0.111. The van der Waals surface area contributed by atoms with Crippen molar-refractivity contribution >= 4 is 37.1 Å². The zero-order valence-electron chi connectivity index (χ0n) is 7.16. The SMILES string of the molecule is O=C1Cc2cc(Br)ccc2C(=O)N1P. The second-order valence-corrected chi connectivity index (χ2v) is 4.48. The number of fused-ring (bicyclic) bond motifs is 1. The van der Waals surface area contributed by atoms with Gasteiger partial charge in [-0.25, -0.2) is 0 Å². The van der Waals surface area contributed by atoms with Gasteiger partial charge in [0.2, 0.25) is 5.91 Å². The molecule has 0 aromatic heterocycles. The molecule has 1 heterocycles. The van der Waals surface area contributed by atoms with Crippen LogP contribution in [0.4, 0.5) is 0 Å². The number of benzene rings is 1. The van der Waals surface area contributed by atoms with Crippen molar-refractivity contribution in [2.45, 2.75) is 6.42 Å². The first-order valence-electron chi connectivity index (χ1n) is 4.00.